The first-order valence-electron chi connectivity index (χ1n) is 5.99. The lowest BCUT2D eigenvalue weighted by molar-refractivity contribution is -0.161. The summed E-state index contributed by atoms with van der Waals surface area (Å²) in [6.45, 7) is 7.13. The van der Waals surface area contributed by atoms with Gasteiger partial charge in [-0.1, -0.05) is 61.6 Å². The zero-order chi connectivity index (χ0) is 13.1. The maximum absolute atomic E-state index is 12.4. The van der Waals surface area contributed by atoms with Gasteiger partial charge in [-0.25, -0.2) is 0 Å². The molecule has 0 radical (unpaired) electrons. The second kappa shape index (κ2) is 4.20. The summed E-state index contributed by atoms with van der Waals surface area (Å²) in [7, 11) is 0. The fraction of sp³-hybridized carbons (Fsp3) is 0.917. The Kier molecular flexibility index (Phi) is 3.54. The topological polar surface area (TPSA) is 29.1 Å². The van der Waals surface area contributed by atoms with E-state index in [1.165, 1.54) is 0 Å². The molecule has 1 amide bonds. The normalized spacial score (nSPS) is 42.4. The molecule has 2 nitrogen and oxygen atoms in total. The van der Waals surface area contributed by atoms with Crippen molar-refractivity contribution in [1.82, 2.24) is 5.32 Å². The number of hydrogen-bond acceptors (Lipinski definition) is 1. The number of halogens is 3. The average molecular weight is 432 g/mol. The minimum atomic E-state index is -0.247. The highest BCUT2D eigenvalue weighted by molar-refractivity contribution is 9.24. The van der Waals surface area contributed by atoms with Crippen LogP contribution in [0, 0.1) is 16.2 Å². The van der Waals surface area contributed by atoms with Crippen LogP contribution in [0.1, 0.15) is 33.6 Å². The van der Waals surface area contributed by atoms with Gasteiger partial charge in [-0.3, -0.25) is 4.79 Å². The summed E-state index contributed by atoms with van der Waals surface area (Å²) < 4.78 is 0.243. The summed E-state index contributed by atoms with van der Waals surface area (Å²) in [5.41, 5.74) is -0.119. The lowest BCUT2D eigenvalue weighted by atomic mass is 9.43. The molecule has 3 aliphatic carbocycles. The Morgan fingerprint density at radius 1 is 1.41 bits per heavy atom. The Bertz CT molecular complexity index is 358. The van der Waals surface area contributed by atoms with Crippen molar-refractivity contribution in [2.24, 2.45) is 16.2 Å². The zero-order valence-corrected chi connectivity index (χ0v) is 15.1. The Labute approximate surface area is 128 Å². The second-order valence-electron chi connectivity index (χ2n) is 5.66. The Morgan fingerprint density at radius 3 is 2.35 bits per heavy atom. The summed E-state index contributed by atoms with van der Waals surface area (Å²) in [6.07, 6.45) is 2.05. The van der Waals surface area contributed by atoms with Crippen molar-refractivity contribution >= 4 is 53.7 Å². The maximum Gasteiger partial charge on any atom is 0.227 e. The lowest BCUT2D eigenvalue weighted by Crippen LogP contribution is -2.72. The van der Waals surface area contributed by atoms with E-state index in [1.54, 1.807) is 0 Å². The van der Waals surface area contributed by atoms with Gasteiger partial charge in [-0.05, 0) is 25.2 Å². The Hall–Kier alpha value is 0.910. The summed E-state index contributed by atoms with van der Waals surface area (Å²) in [6, 6.07) is 0. The van der Waals surface area contributed by atoms with Crippen LogP contribution in [0.25, 0.3) is 0 Å². The van der Waals surface area contributed by atoms with Crippen molar-refractivity contribution < 1.29 is 4.79 Å². The molecule has 3 unspecified atom stereocenters. The van der Waals surface area contributed by atoms with Gasteiger partial charge in [0.1, 0.15) is 0 Å². The number of carbonyl (C=O) groups is 1. The molecule has 0 aromatic rings. The van der Waals surface area contributed by atoms with E-state index in [0.29, 0.717) is 6.54 Å². The number of amides is 1. The molecule has 0 aromatic carbocycles. The number of fused-ring (bicyclic) bond motifs is 1. The highest BCUT2D eigenvalue weighted by Gasteiger charge is 2.83. The second-order valence-corrected chi connectivity index (χ2v) is 9.64. The number of alkyl halides is 3. The first kappa shape index (κ1) is 14.3. The first-order chi connectivity index (χ1) is 7.79. The molecule has 0 saturated heterocycles. The third kappa shape index (κ3) is 1.34. The van der Waals surface area contributed by atoms with E-state index < -0.39 is 0 Å². The predicted octanol–water partition coefficient (Wildman–Crippen LogP) is 3.81. The van der Waals surface area contributed by atoms with Crippen LogP contribution >= 0.6 is 47.8 Å². The third-order valence-corrected chi connectivity index (χ3v) is 8.46. The van der Waals surface area contributed by atoms with Gasteiger partial charge in [-0.15, -0.1) is 0 Å². The number of hydrogen-bond donors (Lipinski definition) is 1. The SMILES string of the molecule is CCNC(=O)C12CCC(C(Br)Br)(C1Br)C2(C)C. The standard InChI is InChI=1S/C12H18Br3NO/c1-4-16-9(17)12-6-5-11(7(12)13,8(14)15)10(12,2)3/h7-8H,4-6H2,1-3H3,(H,16,17). The first-order valence-corrected chi connectivity index (χ1v) is 8.74. The Balaban J connectivity index is 2.39. The van der Waals surface area contributed by atoms with Crippen molar-refractivity contribution in [3.05, 3.63) is 0 Å². The van der Waals surface area contributed by atoms with Gasteiger partial charge in [0.2, 0.25) is 5.91 Å². The van der Waals surface area contributed by atoms with Gasteiger partial charge in [-0.2, -0.15) is 0 Å². The van der Waals surface area contributed by atoms with Gasteiger partial charge in [0.15, 0.2) is 0 Å². The van der Waals surface area contributed by atoms with Gasteiger partial charge < -0.3 is 5.32 Å². The van der Waals surface area contributed by atoms with Crippen LogP contribution < -0.4 is 5.32 Å². The Morgan fingerprint density at radius 2 is 2.00 bits per heavy atom. The maximum atomic E-state index is 12.4. The van der Waals surface area contributed by atoms with E-state index in [2.05, 4.69) is 67.0 Å². The van der Waals surface area contributed by atoms with Gasteiger partial charge in [0, 0.05) is 16.8 Å². The van der Waals surface area contributed by atoms with Gasteiger partial charge in [0.25, 0.3) is 0 Å². The van der Waals surface area contributed by atoms with Crippen LogP contribution in [0.15, 0.2) is 0 Å². The molecule has 1 N–H and O–H groups in total. The number of nitrogens with one attached hydrogen (secondary N) is 1. The van der Waals surface area contributed by atoms with E-state index >= 15 is 0 Å². The third-order valence-electron chi connectivity index (χ3n) is 5.23. The minimum Gasteiger partial charge on any atom is -0.356 e. The van der Waals surface area contributed by atoms with Crippen LogP contribution in [0.5, 0.6) is 0 Å². The van der Waals surface area contributed by atoms with Gasteiger partial charge in [0.05, 0.1) is 9.15 Å². The predicted molar refractivity (Wildman–Crippen MR) is 80.9 cm³/mol. The lowest BCUT2D eigenvalue weighted by Gasteiger charge is -2.66. The molecular formula is C12H18Br3NO. The molecular weight excluding hydrogens is 414 g/mol. The van der Waals surface area contributed by atoms with E-state index in [4.69, 9.17) is 0 Å². The number of rotatable bonds is 3. The fourth-order valence-corrected chi connectivity index (χ4v) is 8.93. The summed E-state index contributed by atoms with van der Waals surface area (Å²) in [4.78, 5) is 12.7. The molecule has 0 spiro atoms. The monoisotopic (exact) mass is 429 g/mol. The van der Waals surface area contributed by atoms with Crippen molar-refractivity contribution in [3.8, 4) is 0 Å². The molecule has 98 valence electrons. The smallest absolute Gasteiger partial charge is 0.227 e. The van der Waals surface area contributed by atoms with E-state index in [0.717, 1.165) is 12.8 Å². The molecule has 2 bridgehead atoms. The molecule has 5 heteroatoms. The van der Waals surface area contributed by atoms with E-state index in [-0.39, 0.29) is 30.7 Å². The quantitative estimate of drug-likeness (QED) is 0.676. The fourth-order valence-electron chi connectivity index (χ4n) is 4.02. The van der Waals surface area contributed by atoms with Crippen LogP contribution in [0.3, 0.4) is 0 Å². The highest BCUT2D eigenvalue weighted by Crippen LogP contribution is 2.82. The highest BCUT2D eigenvalue weighted by atomic mass is 79.9. The van der Waals surface area contributed by atoms with E-state index in [1.807, 2.05) is 6.92 Å². The molecule has 17 heavy (non-hydrogen) atoms. The molecule has 0 aromatic heterocycles. The van der Waals surface area contributed by atoms with Crippen molar-refractivity contribution in [3.63, 3.8) is 0 Å². The minimum absolute atomic E-state index is 0.00505. The molecule has 3 aliphatic rings. The number of carbonyl (C=O) groups excluding carboxylic acids is 1. The molecule has 3 rings (SSSR count). The summed E-state index contributed by atoms with van der Waals surface area (Å²) in [5.74, 6) is 0.209. The van der Waals surface area contributed by atoms with Crippen molar-refractivity contribution in [1.29, 1.82) is 0 Å². The van der Waals surface area contributed by atoms with Crippen molar-refractivity contribution in [2.75, 3.05) is 6.54 Å². The average Bonchev–Trinajstić information content (AvgIpc) is 2.68. The van der Waals surface area contributed by atoms with Crippen LogP contribution in [0.4, 0.5) is 0 Å². The molecule has 0 heterocycles. The van der Waals surface area contributed by atoms with Crippen LogP contribution in [-0.4, -0.2) is 21.0 Å². The van der Waals surface area contributed by atoms with E-state index in [9.17, 15) is 4.79 Å². The molecule has 3 fully saturated rings. The molecule has 3 atom stereocenters. The summed E-state index contributed by atoms with van der Waals surface area (Å²) in [5, 5.41) is 3.01. The van der Waals surface area contributed by atoms with Gasteiger partial charge >= 0.3 is 0 Å². The summed E-state index contributed by atoms with van der Waals surface area (Å²) >= 11 is 11.2. The van der Waals surface area contributed by atoms with Crippen LogP contribution in [0.2, 0.25) is 0 Å². The molecule has 0 aliphatic heterocycles. The zero-order valence-electron chi connectivity index (χ0n) is 10.3. The molecule has 3 saturated carbocycles. The largest absolute Gasteiger partial charge is 0.356 e. The van der Waals surface area contributed by atoms with Crippen LogP contribution in [-0.2, 0) is 4.79 Å². The van der Waals surface area contributed by atoms with Crippen molar-refractivity contribution in [2.45, 2.75) is 42.2 Å².